The molecule has 0 fully saturated rings. The molecule has 0 aromatic carbocycles. The first-order valence-electron chi connectivity index (χ1n) is 15.4. The van der Waals surface area contributed by atoms with Crippen LogP contribution in [0.25, 0.3) is 0 Å². The Bertz CT molecular complexity index is 482. The van der Waals surface area contributed by atoms with Gasteiger partial charge in [0, 0.05) is 12.8 Å². The van der Waals surface area contributed by atoms with Crippen LogP contribution >= 0.6 is 0 Å². The van der Waals surface area contributed by atoms with E-state index in [1.807, 2.05) is 0 Å². The van der Waals surface area contributed by atoms with Gasteiger partial charge >= 0.3 is 11.9 Å². The van der Waals surface area contributed by atoms with Gasteiger partial charge in [0.05, 0.1) is 13.2 Å². The van der Waals surface area contributed by atoms with E-state index < -0.39 is 12.2 Å². The number of rotatable bonds is 29. The number of carbonyl (C=O) groups excluding carboxylic acids is 2. The second kappa shape index (κ2) is 28.8. The van der Waals surface area contributed by atoms with Gasteiger partial charge in [0.25, 0.3) is 0 Å². The molecule has 2 unspecified atom stereocenters. The lowest BCUT2D eigenvalue weighted by Gasteiger charge is -2.08. The normalized spacial score (nSPS) is 12.8. The van der Waals surface area contributed by atoms with Gasteiger partial charge in [-0.15, -0.1) is 0 Å². The summed E-state index contributed by atoms with van der Waals surface area (Å²) < 4.78 is 9.77. The molecule has 0 saturated heterocycles. The van der Waals surface area contributed by atoms with E-state index in [9.17, 15) is 9.59 Å². The summed E-state index contributed by atoms with van der Waals surface area (Å²) in [4.78, 5) is 23.0. The van der Waals surface area contributed by atoms with Gasteiger partial charge in [-0.25, -0.2) is 0 Å². The first-order chi connectivity index (χ1) is 18.5. The largest absolute Gasteiger partial charge is 0.463 e. The Morgan fingerprint density at radius 3 is 0.842 bits per heavy atom. The van der Waals surface area contributed by atoms with Crippen molar-refractivity contribution in [2.75, 3.05) is 26.4 Å². The van der Waals surface area contributed by atoms with E-state index in [0.29, 0.717) is 12.8 Å². The van der Waals surface area contributed by atoms with Crippen molar-refractivity contribution in [3.8, 4) is 0 Å². The van der Waals surface area contributed by atoms with E-state index in [4.69, 9.17) is 29.9 Å². The van der Waals surface area contributed by atoms with E-state index >= 15 is 0 Å². The maximum atomic E-state index is 11.5. The number of hydrogen-bond donors (Lipinski definition) is 4. The molecule has 0 heterocycles. The summed E-state index contributed by atoms with van der Waals surface area (Å²) in [6, 6.07) is 0. The highest BCUT2D eigenvalue weighted by Gasteiger charge is 2.08. The Hall–Kier alpha value is -1.22. The van der Waals surface area contributed by atoms with Crippen molar-refractivity contribution in [3.05, 3.63) is 0 Å². The van der Waals surface area contributed by atoms with Crippen LogP contribution < -0.4 is 0 Å². The van der Waals surface area contributed by atoms with Crippen molar-refractivity contribution in [1.82, 2.24) is 0 Å². The molecule has 8 nitrogen and oxygen atoms in total. The first-order valence-corrected chi connectivity index (χ1v) is 15.4. The molecule has 226 valence electrons. The minimum absolute atomic E-state index is 0.122. The lowest BCUT2D eigenvalue weighted by molar-refractivity contribution is -0.148. The van der Waals surface area contributed by atoms with Crippen LogP contribution in [0.15, 0.2) is 0 Å². The molecule has 0 aromatic rings. The molecule has 0 aliphatic carbocycles. The molecule has 0 spiro atoms. The van der Waals surface area contributed by atoms with Crippen molar-refractivity contribution in [1.29, 1.82) is 0 Å². The summed E-state index contributed by atoms with van der Waals surface area (Å²) in [5, 5.41) is 35.6. The van der Waals surface area contributed by atoms with E-state index in [1.165, 1.54) is 89.9 Å². The molecule has 8 heteroatoms. The molecule has 0 aliphatic heterocycles. The first kappa shape index (κ1) is 36.8. The fourth-order valence-corrected chi connectivity index (χ4v) is 4.35. The smallest absolute Gasteiger partial charge is 0.305 e. The third-order valence-electron chi connectivity index (χ3n) is 6.81. The fraction of sp³-hybridized carbons (Fsp3) is 0.933. The van der Waals surface area contributed by atoms with Crippen LogP contribution in [0.4, 0.5) is 0 Å². The van der Waals surface area contributed by atoms with Crippen molar-refractivity contribution < 1.29 is 39.5 Å². The Morgan fingerprint density at radius 2 is 0.632 bits per heavy atom. The van der Waals surface area contributed by atoms with Crippen molar-refractivity contribution in [3.63, 3.8) is 0 Å². The van der Waals surface area contributed by atoms with Crippen LogP contribution in [-0.4, -0.2) is 71.0 Å². The Kier molecular flexibility index (Phi) is 27.9. The van der Waals surface area contributed by atoms with Crippen LogP contribution in [0, 0.1) is 0 Å². The minimum atomic E-state index is -0.974. The zero-order valence-corrected chi connectivity index (χ0v) is 24.0. The summed E-state index contributed by atoms with van der Waals surface area (Å²) in [5.41, 5.74) is 0. The molecule has 38 heavy (non-hydrogen) atoms. The van der Waals surface area contributed by atoms with Crippen LogP contribution in [-0.2, 0) is 19.1 Å². The zero-order chi connectivity index (χ0) is 28.1. The molecule has 4 N–H and O–H groups in total. The summed E-state index contributed by atoms with van der Waals surface area (Å²) in [7, 11) is 0. The zero-order valence-electron chi connectivity index (χ0n) is 24.0. The topological polar surface area (TPSA) is 134 Å². The maximum absolute atomic E-state index is 11.5. The maximum Gasteiger partial charge on any atom is 0.305 e. The van der Waals surface area contributed by atoms with E-state index in [2.05, 4.69) is 0 Å². The van der Waals surface area contributed by atoms with Crippen molar-refractivity contribution >= 4 is 11.9 Å². The summed E-state index contributed by atoms with van der Waals surface area (Å²) in [5.74, 6) is -0.587. The van der Waals surface area contributed by atoms with Crippen molar-refractivity contribution in [2.45, 2.75) is 153 Å². The third kappa shape index (κ3) is 27.8. The molecule has 0 amide bonds. The molecular weight excluding hydrogens is 488 g/mol. The number of unbranched alkanes of at least 4 members (excludes halogenated alkanes) is 19. The number of hydrogen-bond acceptors (Lipinski definition) is 8. The molecule has 0 radical (unpaired) electrons. The second-order valence-corrected chi connectivity index (χ2v) is 10.6. The number of esters is 2. The van der Waals surface area contributed by atoms with Crippen LogP contribution in [0.1, 0.15) is 141 Å². The molecule has 0 rings (SSSR count). The Labute approximate surface area is 231 Å². The van der Waals surface area contributed by atoms with E-state index in [-0.39, 0.29) is 38.4 Å². The lowest BCUT2D eigenvalue weighted by Crippen LogP contribution is -2.21. The van der Waals surface area contributed by atoms with Gasteiger partial charge in [-0.2, -0.15) is 0 Å². The van der Waals surface area contributed by atoms with Crippen LogP contribution in [0.5, 0.6) is 0 Å². The van der Waals surface area contributed by atoms with Gasteiger partial charge in [0.2, 0.25) is 0 Å². The van der Waals surface area contributed by atoms with Gasteiger partial charge in [-0.05, 0) is 12.8 Å². The predicted molar refractivity (Wildman–Crippen MR) is 150 cm³/mol. The standard InChI is InChI=1S/C30H58O8/c31-23-27(33)25-37-29(35)21-19-17-15-13-11-9-7-5-3-1-2-4-6-8-10-12-14-16-18-20-22-30(36)38-26-28(34)24-32/h27-28,31-34H,1-26H2. The van der Waals surface area contributed by atoms with Crippen molar-refractivity contribution in [2.24, 2.45) is 0 Å². The van der Waals surface area contributed by atoms with E-state index in [0.717, 1.165) is 38.5 Å². The summed E-state index contributed by atoms with van der Waals surface area (Å²) >= 11 is 0. The number of aliphatic hydroxyl groups is 4. The van der Waals surface area contributed by atoms with Gasteiger partial charge in [0.1, 0.15) is 25.4 Å². The highest BCUT2D eigenvalue weighted by atomic mass is 16.5. The lowest BCUT2D eigenvalue weighted by atomic mass is 10.0. The highest BCUT2D eigenvalue weighted by molar-refractivity contribution is 5.69. The van der Waals surface area contributed by atoms with E-state index in [1.54, 1.807) is 0 Å². The predicted octanol–water partition coefficient (Wildman–Crippen LogP) is 5.36. The average molecular weight is 547 g/mol. The second-order valence-electron chi connectivity index (χ2n) is 10.6. The highest BCUT2D eigenvalue weighted by Crippen LogP contribution is 2.15. The van der Waals surface area contributed by atoms with Crippen LogP contribution in [0.2, 0.25) is 0 Å². The summed E-state index contributed by atoms with van der Waals surface area (Å²) in [6.07, 6.45) is 23.2. The average Bonchev–Trinajstić information content (AvgIpc) is 2.92. The molecular formula is C30H58O8. The molecule has 0 aliphatic rings. The fourth-order valence-electron chi connectivity index (χ4n) is 4.35. The number of ether oxygens (including phenoxy) is 2. The van der Waals surface area contributed by atoms with Gasteiger partial charge in [-0.3, -0.25) is 9.59 Å². The molecule has 2 atom stereocenters. The monoisotopic (exact) mass is 546 g/mol. The summed E-state index contributed by atoms with van der Waals surface area (Å²) in [6.45, 7) is -1.01. The van der Waals surface area contributed by atoms with Gasteiger partial charge in [-0.1, -0.05) is 116 Å². The Morgan fingerprint density at radius 1 is 0.421 bits per heavy atom. The van der Waals surface area contributed by atoms with Crippen LogP contribution in [0.3, 0.4) is 0 Å². The number of carbonyl (C=O) groups is 2. The quantitative estimate of drug-likeness (QED) is 0.0728. The number of aliphatic hydroxyl groups excluding tert-OH is 4. The molecule has 0 bridgehead atoms. The van der Waals surface area contributed by atoms with Gasteiger partial charge in [0.15, 0.2) is 0 Å². The Balaban J connectivity index is 3.18. The molecule has 0 aromatic heterocycles. The van der Waals surface area contributed by atoms with Gasteiger partial charge < -0.3 is 29.9 Å². The third-order valence-corrected chi connectivity index (χ3v) is 6.81. The minimum Gasteiger partial charge on any atom is -0.463 e. The SMILES string of the molecule is O=C(CCCCCCCCCCCCCCCCCCCCCCC(=O)OCC(O)CO)OCC(O)CO. The molecule has 0 saturated carbocycles.